The molecule has 39 heavy (non-hydrogen) atoms. The summed E-state index contributed by atoms with van der Waals surface area (Å²) in [6.45, 7) is 2.18. The van der Waals surface area contributed by atoms with Gasteiger partial charge in [-0.3, -0.25) is 14.4 Å². The third kappa shape index (κ3) is 6.60. The molecular formula is C25H31F6N5O3. The van der Waals surface area contributed by atoms with Crippen LogP contribution in [-0.4, -0.2) is 77.5 Å². The predicted octanol–water partition coefficient (Wildman–Crippen LogP) is 4.15. The molecule has 2 atom stereocenters. The summed E-state index contributed by atoms with van der Waals surface area (Å²) in [5.74, 6) is -0.112. The summed E-state index contributed by atoms with van der Waals surface area (Å²) < 4.78 is 90.2. The molecule has 2 aliphatic heterocycles. The Morgan fingerprint density at radius 1 is 1.13 bits per heavy atom. The molecule has 216 valence electrons. The van der Waals surface area contributed by atoms with Gasteiger partial charge in [0.2, 0.25) is 5.91 Å². The summed E-state index contributed by atoms with van der Waals surface area (Å²) in [6.07, 6.45) is -4.90. The first-order valence-corrected chi connectivity index (χ1v) is 13.1. The van der Waals surface area contributed by atoms with Crippen LogP contribution in [0.15, 0.2) is 18.2 Å². The number of ether oxygens (including phenoxy) is 2. The topological polar surface area (TPSA) is 83.9 Å². The van der Waals surface area contributed by atoms with Crippen LogP contribution in [0, 0.1) is 5.92 Å². The van der Waals surface area contributed by atoms with E-state index >= 15 is 0 Å². The van der Waals surface area contributed by atoms with Crippen molar-refractivity contribution in [1.29, 1.82) is 0 Å². The maximum absolute atomic E-state index is 13.2. The Kier molecular flexibility index (Phi) is 7.72. The van der Waals surface area contributed by atoms with Gasteiger partial charge in [0.05, 0.1) is 23.7 Å². The first-order valence-electron chi connectivity index (χ1n) is 13.1. The van der Waals surface area contributed by atoms with Gasteiger partial charge in [0.25, 0.3) is 0 Å². The zero-order chi connectivity index (χ0) is 27.9. The Balaban J connectivity index is 1.11. The molecule has 2 N–H and O–H groups in total. The maximum atomic E-state index is 13.2. The second kappa shape index (κ2) is 10.8. The third-order valence-electron chi connectivity index (χ3n) is 7.63. The van der Waals surface area contributed by atoms with Gasteiger partial charge in [0, 0.05) is 31.1 Å². The van der Waals surface area contributed by atoms with Gasteiger partial charge in [-0.05, 0) is 56.7 Å². The molecular weight excluding hydrogens is 532 g/mol. The van der Waals surface area contributed by atoms with Crippen LogP contribution in [0.4, 0.5) is 32.2 Å². The molecule has 0 radical (unpaired) electrons. The molecule has 1 saturated carbocycles. The molecule has 1 aromatic heterocycles. The van der Waals surface area contributed by atoms with Gasteiger partial charge in [-0.2, -0.15) is 31.4 Å². The standard InChI is InChI=1S/C25H31F6N5O3/c1-2-38-23-21(39-23)14-3-6-17(7-4-14)35-11-16(12-35)33-20(37)10-32-22-18-9-15(25(29,30)31)5-8-19(18)36(34-22)13-24(26,27)28/h5,8-9,14,16-17,21,23H,2-4,6-7,10-13H2,1H3,(H,32,34)(H,33,37). The molecule has 3 aliphatic rings. The zero-order valence-electron chi connectivity index (χ0n) is 21.3. The van der Waals surface area contributed by atoms with Gasteiger partial charge in [-0.25, -0.2) is 0 Å². The van der Waals surface area contributed by atoms with Crippen LogP contribution in [0.3, 0.4) is 0 Å². The Hall–Kier alpha value is -2.58. The number of likely N-dealkylation sites (tertiary alicyclic amines) is 1. The lowest BCUT2D eigenvalue weighted by Gasteiger charge is -2.46. The second-order valence-electron chi connectivity index (χ2n) is 10.4. The van der Waals surface area contributed by atoms with Gasteiger partial charge in [0.15, 0.2) is 12.1 Å². The Labute approximate surface area is 221 Å². The minimum Gasteiger partial charge on any atom is -0.359 e. The predicted molar refractivity (Wildman–Crippen MR) is 129 cm³/mol. The number of nitrogens with one attached hydrogen (secondary N) is 2. The van der Waals surface area contributed by atoms with Crippen molar-refractivity contribution in [1.82, 2.24) is 20.0 Å². The number of aromatic nitrogens is 2. The highest BCUT2D eigenvalue weighted by Gasteiger charge is 2.47. The number of anilines is 1. The summed E-state index contributed by atoms with van der Waals surface area (Å²) >= 11 is 0. The molecule has 8 nitrogen and oxygen atoms in total. The average Bonchev–Trinajstić information content (AvgIpc) is 3.53. The van der Waals surface area contributed by atoms with Crippen molar-refractivity contribution in [3.8, 4) is 0 Å². The summed E-state index contributed by atoms with van der Waals surface area (Å²) in [5.41, 5.74) is -1.13. The Bertz CT molecular complexity index is 1170. The molecule has 2 saturated heterocycles. The van der Waals surface area contributed by atoms with Crippen molar-refractivity contribution in [2.45, 2.75) is 76.0 Å². The quantitative estimate of drug-likeness (QED) is 0.353. The Morgan fingerprint density at radius 2 is 1.85 bits per heavy atom. The molecule has 0 spiro atoms. The number of hydrogen-bond acceptors (Lipinski definition) is 6. The molecule has 3 fully saturated rings. The number of alkyl halides is 6. The number of carbonyl (C=O) groups excluding carboxylic acids is 1. The van der Waals surface area contributed by atoms with E-state index in [1.165, 1.54) is 0 Å². The van der Waals surface area contributed by atoms with Crippen LogP contribution < -0.4 is 10.6 Å². The van der Waals surface area contributed by atoms with Crippen LogP contribution in [-0.2, 0) is 27.0 Å². The lowest BCUT2D eigenvalue weighted by atomic mass is 9.82. The first kappa shape index (κ1) is 28.0. The van der Waals surface area contributed by atoms with E-state index in [0.29, 0.717) is 42.4 Å². The van der Waals surface area contributed by atoms with E-state index < -0.39 is 30.4 Å². The molecule has 1 aromatic carbocycles. The van der Waals surface area contributed by atoms with E-state index in [2.05, 4.69) is 20.6 Å². The fraction of sp³-hybridized carbons (Fsp3) is 0.680. The highest BCUT2D eigenvalue weighted by Crippen LogP contribution is 2.40. The van der Waals surface area contributed by atoms with Crippen LogP contribution in [0.2, 0.25) is 0 Å². The molecule has 0 bridgehead atoms. The van der Waals surface area contributed by atoms with Crippen molar-refractivity contribution in [3.05, 3.63) is 23.8 Å². The summed E-state index contributed by atoms with van der Waals surface area (Å²) in [6, 6.07) is 2.78. The van der Waals surface area contributed by atoms with E-state index in [1.54, 1.807) is 0 Å². The Morgan fingerprint density at radius 3 is 2.49 bits per heavy atom. The fourth-order valence-corrected chi connectivity index (χ4v) is 5.66. The monoisotopic (exact) mass is 563 g/mol. The van der Waals surface area contributed by atoms with Crippen molar-refractivity contribution in [2.24, 2.45) is 5.92 Å². The van der Waals surface area contributed by atoms with Gasteiger partial charge in [0.1, 0.15) is 12.6 Å². The minimum atomic E-state index is -4.68. The van der Waals surface area contributed by atoms with Crippen LogP contribution >= 0.6 is 0 Å². The number of halogens is 6. The van der Waals surface area contributed by atoms with Crippen LogP contribution in [0.1, 0.15) is 38.2 Å². The lowest BCUT2D eigenvalue weighted by molar-refractivity contribution is -0.142. The van der Waals surface area contributed by atoms with E-state index in [9.17, 15) is 31.1 Å². The number of epoxide rings is 1. The number of nitrogens with zero attached hydrogens (tertiary/aromatic N) is 3. The number of fused-ring (bicyclic) bond motifs is 1. The SMILES string of the molecule is CCOC1OC1C1CCC(N2CC(NC(=O)CNc3nn(CC(F)(F)F)c4ccc(C(F)(F)F)cc34)C2)CC1. The normalized spacial score (nSPS) is 26.4. The number of benzene rings is 1. The lowest BCUT2D eigenvalue weighted by Crippen LogP contribution is -2.63. The smallest absolute Gasteiger partial charge is 0.359 e. The molecule has 1 aliphatic carbocycles. The minimum absolute atomic E-state index is 0.0585. The van der Waals surface area contributed by atoms with Gasteiger partial charge in [-0.1, -0.05) is 0 Å². The van der Waals surface area contributed by atoms with Gasteiger partial charge >= 0.3 is 12.4 Å². The first-order chi connectivity index (χ1) is 18.4. The van der Waals surface area contributed by atoms with E-state index in [0.717, 1.165) is 37.8 Å². The van der Waals surface area contributed by atoms with Gasteiger partial charge in [-0.15, -0.1) is 0 Å². The van der Waals surface area contributed by atoms with E-state index in [1.807, 2.05) is 6.92 Å². The third-order valence-corrected chi connectivity index (χ3v) is 7.63. The molecule has 3 heterocycles. The number of hydrogen-bond donors (Lipinski definition) is 2. The van der Waals surface area contributed by atoms with Crippen LogP contribution in [0.5, 0.6) is 0 Å². The molecule has 14 heteroatoms. The maximum Gasteiger partial charge on any atom is 0.416 e. The molecule has 5 rings (SSSR count). The van der Waals surface area contributed by atoms with Gasteiger partial charge < -0.3 is 20.1 Å². The zero-order valence-corrected chi connectivity index (χ0v) is 21.3. The van der Waals surface area contributed by atoms with Crippen molar-refractivity contribution >= 4 is 22.6 Å². The fourth-order valence-electron chi connectivity index (χ4n) is 5.66. The second-order valence-corrected chi connectivity index (χ2v) is 10.4. The molecule has 2 aromatic rings. The van der Waals surface area contributed by atoms with E-state index in [-0.39, 0.29) is 41.7 Å². The summed E-state index contributed by atoms with van der Waals surface area (Å²) in [7, 11) is 0. The number of carbonyl (C=O) groups is 1. The molecule has 1 amide bonds. The highest BCUT2D eigenvalue weighted by molar-refractivity contribution is 5.92. The van der Waals surface area contributed by atoms with Crippen molar-refractivity contribution < 1.29 is 40.6 Å². The average molecular weight is 564 g/mol. The van der Waals surface area contributed by atoms with Crippen molar-refractivity contribution in [3.63, 3.8) is 0 Å². The summed E-state index contributed by atoms with van der Waals surface area (Å²) in [4.78, 5) is 14.8. The number of amides is 1. The summed E-state index contributed by atoms with van der Waals surface area (Å²) in [5, 5.41) is 9.15. The van der Waals surface area contributed by atoms with E-state index in [4.69, 9.17) is 9.47 Å². The van der Waals surface area contributed by atoms with Crippen molar-refractivity contribution in [2.75, 3.05) is 31.6 Å². The molecule has 2 unspecified atom stereocenters. The van der Waals surface area contributed by atoms with Crippen LogP contribution in [0.25, 0.3) is 10.9 Å². The highest BCUT2D eigenvalue weighted by atomic mass is 19.4. The largest absolute Gasteiger partial charge is 0.416 e. The number of rotatable bonds is 9.